The topological polar surface area (TPSA) is 93.6 Å². The fraction of sp³-hybridized carbons (Fsp3) is 0.216. The Bertz CT molecular complexity index is 1940. The lowest BCUT2D eigenvalue weighted by Gasteiger charge is -2.41. The number of thioether (sulfide) groups is 1. The quantitative estimate of drug-likeness (QED) is 0.0502. The Hall–Kier alpha value is -4.69. The third kappa shape index (κ3) is 7.41. The van der Waals surface area contributed by atoms with Crippen molar-refractivity contribution in [3.8, 4) is 11.1 Å². The fourth-order valence-electron chi connectivity index (χ4n) is 5.67. The van der Waals surface area contributed by atoms with Crippen LogP contribution < -0.4 is 5.32 Å². The average molecular weight is 708 g/mol. The van der Waals surface area contributed by atoms with Crippen molar-refractivity contribution in [1.82, 2.24) is 15.3 Å². The van der Waals surface area contributed by atoms with Crippen molar-refractivity contribution in [2.75, 3.05) is 5.75 Å². The van der Waals surface area contributed by atoms with Crippen LogP contribution in [0.2, 0.25) is 0 Å². The number of aliphatic hydroxyl groups excluding tert-OH is 1. The van der Waals surface area contributed by atoms with Gasteiger partial charge in [-0.3, -0.25) is 4.79 Å². The Morgan fingerprint density at radius 3 is 2.08 bits per heavy atom. The zero-order valence-electron chi connectivity index (χ0n) is 26.5. The smallest absolute Gasteiger partial charge is 0.257 e. The van der Waals surface area contributed by atoms with Gasteiger partial charge < -0.3 is 19.9 Å². The molecular weight excluding hydrogens is 677 g/mol. The van der Waals surface area contributed by atoms with Crippen LogP contribution in [0.15, 0.2) is 96.4 Å². The van der Waals surface area contributed by atoms with Crippen molar-refractivity contribution in [3.05, 3.63) is 148 Å². The normalized spacial score (nSPS) is 18.9. The zero-order valence-corrected chi connectivity index (χ0v) is 27.3. The van der Waals surface area contributed by atoms with Crippen LogP contribution in [0.3, 0.4) is 0 Å². The first kappa shape index (κ1) is 35.1. The number of rotatable bonds is 10. The first-order chi connectivity index (χ1) is 24.2. The van der Waals surface area contributed by atoms with Crippen LogP contribution in [0.25, 0.3) is 11.1 Å². The zero-order chi connectivity index (χ0) is 35.4. The molecule has 4 aromatic carbocycles. The van der Waals surface area contributed by atoms with E-state index in [-0.39, 0.29) is 31.3 Å². The van der Waals surface area contributed by atoms with Gasteiger partial charge in [0.2, 0.25) is 5.82 Å². The van der Waals surface area contributed by atoms with Crippen LogP contribution in [0.1, 0.15) is 51.9 Å². The summed E-state index contributed by atoms with van der Waals surface area (Å²) >= 11 is 1.48. The standard InChI is InChI=1S/C37H30F5N3O4S/c1-20-27(19-50-37-43-15-4-16-44-37)48-36(49-34(20)23-9-7-21(18-46)8-10-23)24-13-11-22(12-14-24)26-6-3-2-5-25(26)17-45-35(47)28-29(38)31(40)33(42)32(41)30(28)39/h2-16,20,27,34,36,46H,17-19H2,1H3,(H,45,47). The van der Waals surface area contributed by atoms with Crippen molar-refractivity contribution < 1.29 is 41.3 Å². The predicted octanol–water partition coefficient (Wildman–Crippen LogP) is 7.85. The molecule has 50 heavy (non-hydrogen) atoms. The molecule has 0 spiro atoms. The third-order valence-corrected chi connectivity index (χ3v) is 9.39. The van der Waals surface area contributed by atoms with E-state index in [1.165, 1.54) is 11.8 Å². The number of hydrogen-bond acceptors (Lipinski definition) is 7. The molecule has 13 heteroatoms. The maximum absolute atomic E-state index is 14.2. The van der Waals surface area contributed by atoms with Crippen LogP contribution >= 0.6 is 11.8 Å². The molecular formula is C37H30F5N3O4S. The van der Waals surface area contributed by atoms with Gasteiger partial charge in [0, 0.05) is 36.2 Å². The number of benzene rings is 4. The maximum atomic E-state index is 14.2. The molecule has 2 heterocycles. The van der Waals surface area contributed by atoms with E-state index in [9.17, 15) is 31.9 Å². The van der Waals surface area contributed by atoms with Gasteiger partial charge in [0.05, 0.1) is 18.8 Å². The summed E-state index contributed by atoms with van der Waals surface area (Å²) in [6.45, 7) is 1.73. The van der Waals surface area contributed by atoms with Crippen LogP contribution in [-0.2, 0) is 22.6 Å². The first-order valence-corrected chi connectivity index (χ1v) is 16.5. The summed E-state index contributed by atoms with van der Waals surface area (Å²) in [7, 11) is 0. The van der Waals surface area contributed by atoms with Gasteiger partial charge in [-0.15, -0.1) is 0 Å². The number of nitrogens with one attached hydrogen (secondary N) is 1. The van der Waals surface area contributed by atoms with Crippen molar-refractivity contribution in [2.45, 2.75) is 43.7 Å². The number of aromatic nitrogens is 2. The van der Waals surface area contributed by atoms with Crippen molar-refractivity contribution in [2.24, 2.45) is 5.92 Å². The average Bonchev–Trinajstić information content (AvgIpc) is 3.16. The molecule has 1 fully saturated rings. The molecule has 2 N–H and O–H groups in total. The van der Waals surface area contributed by atoms with Gasteiger partial charge >= 0.3 is 0 Å². The lowest BCUT2D eigenvalue weighted by molar-refractivity contribution is -0.268. The minimum atomic E-state index is -2.34. The molecule has 1 aliphatic rings. The number of halogens is 5. The molecule has 6 rings (SSSR count). The number of carbonyl (C=O) groups excluding carboxylic acids is 1. The summed E-state index contributed by atoms with van der Waals surface area (Å²) < 4.78 is 82.3. The van der Waals surface area contributed by atoms with Crippen LogP contribution in [0.5, 0.6) is 0 Å². The third-order valence-electron chi connectivity index (χ3n) is 8.43. The van der Waals surface area contributed by atoms with Gasteiger partial charge in [-0.2, -0.15) is 0 Å². The molecule has 0 bridgehead atoms. The Balaban J connectivity index is 1.21. The van der Waals surface area contributed by atoms with E-state index >= 15 is 0 Å². The molecule has 0 saturated carbocycles. The van der Waals surface area contributed by atoms with E-state index < -0.39 is 46.8 Å². The molecule has 1 saturated heterocycles. The van der Waals surface area contributed by atoms with Crippen LogP contribution in [0, 0.1) is 35.0 Å². The second kappa shape index (κ2) is 15.5. The monoisotopic (exact) mass is 707 g/mol. The highest BCUT2D eigenvalue weighted by atomic mass is 32.2. The van der Waals surface area contributed by atoms with Gasteiger partial charge in [0.1, 0.15) is 5.56 Å². The maximum Gasteiger partial charge on any atom is 0.257 e. The Labute approximate surface area is 288 Å². The Morgan fingerprint density at radius 2 is 1.42 bits per heavy atom. The molecule has 1 amide bonds. The molecule has 258 valence electrons. The van der Waals surface area contributed by atoms with Crippen LogP contribution in [-0.4, -0.2) is 32.8 Å². The summed E-state index contributed by atoms with van der Waals surface area (Å²) in [6, 6.07) is 23.6. The lowest BCUT2D eigenvalue weighted by Crippen LogP contribution is -2.38. The number of hydrogen-bond donors (Lipinski definition) is 2. The summed E-state index contributed by atoms with van der Waals surface area (Å²) in [4.78, 5) is 21.2. The van der Waals surface area contributed by atoms with E-state index in [2.05, 4.69) is 22.2 Å². The van der Waals surface area contributed by atoms with Crippen molar-refractivity contribution in [3.63, 3.8) is 0 Å². The number of carbonyl (C=O) groups is 1. The minimum Gasteiger partial charge on any atom is -0.392 e. The second-order valence-corrected chi connectivity index (χ2v) is 12.6. The Kier molecular flexibility index (Phi) is 10.9. The number of amides is 1. The fourth-order valence-corrected chi connectivity index (χ4v) is 6.64. The first-order valence-electron chi connectivity index (χ1n) is 15.5. The summed E-state index contributed by atoms with van der Waals surface area (Å²) in [5, 5.41) is 12.4. The van der Waals surface area contributed by atoms with Gasteiger partial charge in [-0.1, -0.05) is 91.5 Å². The minimum absolute atomic E-state index is 0.0476. The number of nitrogens with zero attached hydrogens (tertiary/aromatic N) is 2. The number of aliphatic hydroxyl groups is 1. The van der Waals surface area contributed by atoms with Crippen molar-refractivity contribution in [1.29, 1.82) is 0 Å². The SMILES string of the molecule is CC1C(CSc2ncccn2)OC(c2ccc(-c3ccccc3CNC(=O)c3c(F)c(F)c(F)c(F)c3F)cc2)OC1c1ccc(CO)cc1. The molecule has 0 radical (unpaired) electrons. The Morgan fingerprint density at radius 1 is 0.800 bits per heavy atom. The highest BCUT2D eigenvalue weighted by Gasteiger charge is 2.38. The largest absolute Gasteiger partial charge is 0.392 e. The molecule has 7 nitrogen and oxygen atoms in total. The predicted molar refractivity (Wildman–Crippen MR) is 175 cm³/mol. The van der Waals surface area contributed by atoms with Gasteiger partial charge in [0.25, 0.3) is 5.91 Å². The van der Waals surface area contributed by atoms with Crippen LogP contribution in [0.4, 0.5) is 22.0 Å². The number of ether oxygens (including phenoxy) is 2. The van der Waals surface area contributed by atoms with E-state index in [1.54, 1.807) is 42.7 Å². The van der Waals surface area contributed by atoms with E-state index in [0.717, 1.165) is 22.3 Å². The highest BCUT2D eigenvalue weighted by molar-refractivity contribution is 7.99. The lowest BCUT2D eigenvalue weighted by atomic mass is 9.91. The van der Waals surface area contributed by atoms with E-state index in [1.807, 2.05) is 48.5 Å². The van der Waals surface area contributed by atoms with Gasteiger partial charge in [-0.05, 0) is 33.9 Å². The molecule has 5 aromatic rings. The van der Waals surface area contributed by atoms with Crippen molar-refractivity contribution >= 4 is 17.7 Å². The molecule has 4 unspecified atom stereocenters. The van der Waals surface area contributed by atoms with Gasteiger partial charge in [0.15, 0.2) is 34.7 Å². The summed E-state index contributed by atoms with van der Waals surface area (Å²) in [5.41, 5.74) is 2.82. The molecule has 1 aromatic heterocycles. The second-order valence-electron chi connectivity index (χ2n) is 11.6. The highest BCUT2D eigenvalue weighted by Crippen LogP contribution is 2.43. The van der Waals surface area contributed by atoms with E-state index in [4.69, 9.17) is 9.47 Å². The molecule has 0 aliphatic carbocycles. The molecule has 4 atom stereocenters. The van der Waals surface area contributed by atoms with Gasteiger partial charge in [-0.25, -0.2) is 31.9 Å². The summed E-state index contributed by atoms with van der Waals surface area (Å²) in [5.74, 6) is -12.1. The summed E-state index contributed by atoms with van der Waals surface area (Å²) in [6.07, 6.45) is 2.05. The molecule has 1 aliphatic heterocycles. The van der Waals surface area contributed by atoms with E-state index in [0.29, 0.717) is 22.0 Å².